The molecule has 0 radical (unpaired) electrons. The Balaban J connectivity index is 0.000001000. The lowest BCUT2D eigenvalue weighted by Gasteiger charge is -2.04. The van der Waals surface area contributed by atoms with E-state index >= 15 is 0 Å². The summed E-state index contributed by atoms with van der Waals surface area (Å²) in [6, 6.07) is -0.274. The number of carbonyl (C=O) groups excluding carboxylic acids is 1. The van der Waals surface area contributed by atoms with Crippen LogP contribution >= 0.6 is 12.4 Å². The second kappa shape index (κ2) is 4.54. The second-order valence-corrected chi connectivity index (χ2v) is 2.56. The average molecular weight is 181 g/mol. The van der Waals surface area contributed by atoms with Crippen LogP contribution in [0.5, 0.6) is 0 Å². The van der Waals surface area contributed by atoms with Crippen LogP contribution in [-0.2, 0) is 4.79 Å². The molecule has 0 aromatic heterocycles. The van der Waals surface area contributed by atoms with Crippen LogP contribution in [0, 0.1) is 0 Å². The fourth-order valence-corrected chi connectivity index (χ4v) is 1.13. The van der Waals surface area contributed by atoms with Gasteiger partial charge in [0.2, 0.25) is 5.91 Å². The van der Waals surface area contributed by atoms with Gasteiger partial charge in [0.25, 0.3) is 0 Å². The third-order valence-corrected chi connectivity index (χ3v) is 1.70. The highest BCUT2D eigenvalue weighted by molar-refractivity contribution is 5.85. The zero-order valence-electron chi connectivity index (χ0n) is 6.12. The lowest BCUT2D eigenvalue weighted by molar-refractivity contribution is -0.120. The van der Waals surface area contributed by atoms with Crippen molar-refractivity contribution in [2.75, 3.05) is 6.61 Å². The van der Waals surface area contributed by atoms with Crippen LogP contribution in [0.25, 0.3) is 0 Å². The summed E-state index contributed by atoms with van der Waals surface area (Å²) in [7, 11) is 0. The van der Waals surface area contributed by atoms with Crippen LogP contribution in [-0.4, -0.2) is 29.7 Å². The van der Waals surface area contributed by atoms with E-state index in [4.69, 9.17) is 10.8 Å². The Bertz CT molecular complexity index is 143. The number of carbonyl (C=O) groups is 1. The molecule has 0 aromatic rings. The molecule has 1 heterocycles. The molecule has 1 saturated heterocycles. The van der Waals surface area contributed by atoms with E-state index in [1.165, 1.54) is 0 Å². The van der Waals surface area contributed by atoms with Gasteiger partial charge in [-0.1, -0.05) is 0 Å². The van der Waals surface area contributed by atoms with Gasteiger partial charge >= 0.3 is 0 Å². The monoisotopic (exact) mass is 180 g/mol. The predicted octanol–water partition coefficient (Wildman–Crippen LogP) is -0.994. The van der Waals surface area contributed by atoms with Gasteiger partial charge < -0.3 is 16.2 Å². The fraction of sp³-hybridized carbons (Fsp3) is 0.833. The maximum absolute atomic E-state index is 10.7. The smallest absolute Gasteiger partial charge is 0.237 e. The summed E-state index contributed by atoms with van der Waals surface area (Å²) in [6.45, 7) is 0.109. The molecule has 1 rings (SSSR count). The fourth-order valence-electron chi connectivity index (χ4n) is 1.13. The van der Waals surface area contributed by atoms with Gasteiger partial charge in [0.15, 0.2) is 0 Å². The van der Waals surface area contributed by atoms with Crippen LogP contribution in [0.1, 0.15) is 12.8 Å². The maximum atomic E-state index is 10.7. The number of aliphatic hydroxyl groups excluding tert-OH is 1. The summed E-state index contributed by atoms with van der Waals surface area (Å²) in [5.41, 5.74) is 5.41. The molecule has 1 aliphatic rings. The zero-order valence-corrected chi connectivity index (χ0v) is 6.93. The highest BCUT2D eigenvalue weighted by Gasteiger charge is 2.27. The molecule has 0 saturated carbocycles. The first-order chi connectivity index (χ1) is 4.74. The van der Waals surface area contributed by atoms with Gasteiger partial charge in [-0.2, -0.15) is 0 Å². The topological polar surface area (TPSA) is 75.3 Å². The van der Waals surface area contributed by atoms with E-state index in [0.717, 1.165) is 0 Å². The normalized spacial score (nSPS) is 29.5. The first-order valence-electron chi connectivity index (χ1n) is 3.41. The third-order valence-electron chi connectivity index (χ3n) is 1.70. The van der Waals surface area contributed by atoms with Crippen molar-refractivity contribution in [2.45, 2.75) is 24.9 Å². The SMILES string of the molecule is Cl.N[C@@H]1C[C@@H](CCO)NC1=O. The molecule has 0 spiro atoms. The quantitative estimate of drug-likeness (QED) is 0.511. The standard InChI is InChI=1S/C6H12N2O2.ClH/c7-5-3-4(1-2-9)8-6(5)10;/h4-5,9H,1-3,7H2,(H,8,10);1H/t4-,5-;/m1./s1. The molecule has 66 valence electrons. The molecule has 2 atom stereocenters. The van der Waals surface area contributed by atoms with E-state index in [2.05, 4.69) is 5.32 Å². The summed E-state index contributed by atoms with van der Waals surface area (Å²) in [5, 5.41) is 11.2. The maximum Gasteiger partial charge on any atom is 0.237 e. The first-order valence-corrected chi connectivity index (χ1v) is 3.41. The van der Waals surface area contributed by atoms with E-state index in [0.29, 0.717) is 12.8 Å². The van der Waals surface area contributed by atoms with Crippen molar-refractivity contribution in [2.24, 2.45) is 5.73 Å². The highest BCUT2D eigenvalue weighted by Crippen LogP contribution is 2.08. The minimum absolute atomic E-state index is 0. The van der Waals surface area contributed by atoms with Gasteiger partial charge in [0, 0.05) is 12.6 Å². The molecule has 0 aliphatic carbocycles. The molecule has 11 heavy (non-hydrogen) atoms. The van der Waals surface area contributed by atoms with Crippen molar-refractivity contribution in [3.8, 4) is 0 Å². The highest BCUT2D eigenvalue weighted by atomic mass is 35.5. The summed E-state index contributed by atoms with van der Waals surface area (Å²) in [6.07, 6.45) is 1.26. The number of rotatable bonds is 2. The van der Waals surface area contributed by atoms with Crippen LogP contribution in [0.3, 0.4) is 0 Å². The molecule has 4 nitrogen and oxygen atoms in total. The molecule has 0 bridgehead atoms. The Morgan fingerprint density at radius 3 is 2.73 bits per heavy atom. The number of aliphatic hydroxyl groups is 1. The Kier molecular flexibility index (Phi) is 4.40. The van der Waals surface area contributed by atoms with Gasteiger partial charge in [-0.25, -0.2) is 0 Å². The van der Waals surface area contributed by atoms with Gasteiger partial charge in [0.1, 0.15) is 0 Å². The minimum Gasteiger partial charge on any atom is -0.396 e. The number of hydrogen-bond acceptors (Lipinski definition) is 3. The summed E-state index contributed by atoms with van der Waals surface area (Å²) >= 11 is 0. The second-order valence-electron chi connectivity index (χ2n) is 2.56. The van der Waals surface area contributed by atoms with E-state index in [1.807, 2.05) is 0 Å². The first kappa shape index (κ1) is 10.7. The minimum atomic E-state index is -0.364. The molecule has 1 aliphatic heterocycles. The summed E-state index contributed by atoms with van der Waals surface area (Å²) in [4.78, 5) is 10.7. The summed E-state index contributed by atoms with van der Waals surface area (Å²) in [5.74, 6) is -0.0987. The lowest BCUT2D eigenvalue weighted by atomic mass is 10.1. The van der Waals surface area contributed by atoms with Crippen molar-refractivity contribution >= 4 is 18.3 Å². The lowest BCUT2D eigenvalue weighted by Crippen LogP contribution is -2.31. The molecule has 0 unspecified atom stereocenters. The van der Waals surface area contributed by atoms with Crippen molar-refractivity contribution in [3.63, 3.8) is 0 Å². The predicted molar refractivity (Wildman–Crippen MR) is 43.5 cm³/mol. The van der Waals surface area contributed by atoms with E-state index < -0.39 is 0 Å². The molecule has 1 amide bonds. The Morgan fingerprint density at radius 2 is 2.36 bits per heavy atom. The van der Waals surface area contributed by atoms with Crippen LogP contribution < -0.4 is 11.1 Å². The van der Waals surface area contributed by atoms with Gasteiger partial charge in [-0.05, 0) is 12.8 Å². The van der Waals surface area contributed by atoms with Crippen molar-refractivity contribution < 1.29 is 9.90 Å². The number of hydrogen-bond donors (Lipinski definition) is 3. The molecule has 5 heteroatoms. The van der Waals surface area contributed by atoms with Gasteiger partial charge in [-0.3, -0.25) is 4.79 Å². The number of nitrogens with one attached hydrogen (secondary N) is 1. The van der Waals surface area contributed by atoms with Crippen molar-refractivity contribution in [1.82, 2.24) is 5.32 Å². The average Bonchev–Trinajstić information content (AvgIpc) is 2.14. The van der Waals surface area contributed by atoms with Crippen LogP contribution in [0.4, 0.5) is 0 Å². The number of nitrogens with two attached hydrogens (primary N) is 1. The molecule has 0 aromatic carbocycles. The Labute approximate surface area is 71.6 Å². The van der Waals surface area contributed by atoms with E-state index in [1.54, 1.807) is 0 Å². The summed E-state index contributed by atoms with van der Waals surface area (Å²) < 4.78 is 0. The number of halogens is 1. The van der Waals surface area contributed by atoms with Crippen LogP contribution in [0.2, 0.25) is 0 Å². The van der Waals surface area contributed by atoms with E-state index in [9.17, 15) is 4.79 Å². The van der Waals surface area contributed by atoms with Crippen molar-refractivity contribution in [1.29, 1.82) is 0 Å². The Hall–Kier alpha value is -0.320. The molecular weight excluding hydrogens is 168 g/mol. The largest absolute Gasteiger partial charge is 0.396 e. The zero-order chi connectivity index (χ0) is 7.56. The Morgan fingerprint density at radius 1 is 1.73 bits per heavy atom. The molecule has 1 fully saturated rings. The molecular formula is C6H13ClN2O2. The molecule has 4 N–H and O–H groups in total. The third kappa shape index (κ3) is 2.65. The van der Waals surface area contributed by atoms with Crippen molar-refractivity contribution in [3.05, 3.63) is 0 Å². The van der Waals surface area contributed by atoms with Gasteiger partial charge in [0.05, 0.1) is 6.04 Å². The van der Waals surface area contributed by atoms with Gasteiger partial charge in [-0.15, -0.1) is 12.4 Å². The van der Waals surface area contributed by atoms with E-state index in [-0.39, 0.29) is 37.0 Å². The van der Waals surface area contributed by atoms with Crippen LogP contribution in [0.15, 0.2) is 0 Å². The number of amides is 1.